The highest BCUT2D eigenvalue weighted by atomic mass is 35.5. The Hall–Kier alpha value is -3.12. The first-order valence-electron chi connectivity index (χ1n) is 9.79. The number of carbonyl (C=O) groups excluding carboxylic acids is 3. The van der Waals surface area contributed by atoms with Gasteiger partial charge in [-0.15, -0.1) is 0 Å². The Morgan fingerprint density at radius 1 is 1.07 bits per heavy atom. The summed E-state index contributed by atoms with van der Waals surface area (Å²) in [6.07, 6.45) is 5.00. The van der Waals surface area contributed by atoms with Crippen LogP contribution in [0.4, 0.5) is 11.4 Å². The molecule has 1 saturated carbocycles. The second kappa shape index (κ2) is 6.99. The molecule has 3 aliphatic rings. The van der Waals surface area contributed by atoms with Crippen molar-refractivity contribution in [1.82, 2.24) is 0 Å². The van der Waals surface area contributed by atoms with Crippen molar-refractivity contribution < 1.29 is 19.1 Å². The van der Waals surface area contributed by atoms with Gasteiger partial charge in [0.05, 0.1) is 30.3 Å². The Labute approximate surface area is 178 Å². The number of amides is 3. The molecule has 6 nitrogen and oxygen atoms in total. The molecule has 2 aliphatic carbocycles. The molecule has 0 aromatic heterocycles. The number of hydrogen-bond donors (Lipinski definition) is 1. The van der Waals surface area contributed by atoms with Crippen LogP contribution in [0.2, 0.25) is 5.02 Å². The van der Waals surface area contributed by atoms with Crippen molar-refractivity contribution >= 4 is 40.7 Å². The zero-order valence-corrected chi connectivity index (χ0v) is 16.9. The normalized spacial score (nSPS) is 26.3. The van der Waals surface area contributed by atoms with E-state index in [1.54, 1.807) is 42.5 Å². The van der Waals surface area contributed by atoms with Crippen LogP contribution in [0.25, 0.3) is 0 Å². The van der Waals surface area contributed by atoms with Crippen LogP contribution in [0.3, 0.4) is 0 Å². The quantitative estimate of drug-likeness (QED) is 0.598. The number of methoxy groups -OCH3 is 1. The van der Waals surface area contributed by atoms with Gasteiger partial charge in [-0.2, -0.15) is 0 Å². The fourth-order valence-electron chi connectivity index (χ4n) is 4.92. The zero-order chi connectivity index (χ0) is 21.0. The van der Waals surface area contributed by atoms with Crippen molar-refractivity contribution in [2.75, 3.05) is 17.3 Å². The van der Waals surface area contributed by atoms with Gasteiger partial charge in [0.2, 0.25) is 11.8 Å². The van der Waals surface area contributed by atoms with E-state index in [2.05, 4.69) is 17.5 Å². The van der Waals surface area contributed by atoms with Gasteiger partial charge in [-0.1, -0.05) is 29.8 Å². The lowest BCUT2D eigenvalue weighted by Crippen LogP contribution is -2.33. The summed E-state index contributed by atoms with van der Waals surface area (Å²) >= 11 is 6.03. The molecule has 7 heteroatoms. The van der Waals surface area contributed by atoms with Gasteiger partial charge in [0.1, 0.15) is 5.75 Å². The second-order valence-corrected chi connectivity index (χ2v) is 8.30. The van der Waals surface area contributed by atoms with E-state index < -0.39 is 5.91 Å². The van der Waals surface area contributed by atoms with Crippen LogP contribution in [0.15, 0.2) is 54.6 Å². The van der Waals surface area contributed by atoms with Crippen LogP contribution < -0.4 is 15.0 Å². The van der Waals surface area contributed by atoms with Crippen LogP contribution >= 0.6 is 11.6 Å². The minimum Gasteiger partial charge on any atom is -0.495 e. The number of nitrogens with zero attached hydrogens (tertiary/aromatic N) is 1. The molecule has 0 unspecified atom stereocenters. The molecule has 1 saturated heterocycles. The largest absolute Gasteiger partial charge is 0.495 e. The average Bonchev–Trinajstić information content (AvgIpc) is 3.42. The summed E-state index contributed by atoms with van der Waals surface area (Å²) in [6, 6.07) is 11.5. The average molecular weight is 423 g/mol. The summed E-state index contributed by atoms with van der Waals surface area (Å²) in [5.74, 6) is -0.525. The summed E-state index contributed by atoms with van der Waals surface area (Å²) < 4.78 is 5.26. The van der Waals surface area contributed by atoms with E-state index in [4.69, 9.17) is 16.3 Å². The van der Waals surface area contributed by atoms with Gasteiger partial charge < -0.3 is 10.1 Å². The molecule has 0 radical (unpaired) electrons. The van der Waals surface area contributed by atoms with Crippen LogP contribution in [0.5, 0.6) is 5.75 Å². The Balaban J connectivity index is 1.41. The third kappa shape index (κ3) is 2.82. The Kier molecular flexibility index (Phi) is 4.40. The number of ether oxygens (including phenoxy) is 1. The molecule has 5 rings (SSSR count). The molecule has 0 spiro atoms. The van der Waals surface area contributed by atoms with Gasteiger partial charge in [0.25, 0.3) is 5.91 Å². The Bertz CT molecular complexity index is 1080. The molecule has 1 aliphatic heterocycles. The lowest BCUT2D eigenvalue weighted by Gasteiger charge is -2.18. The minimum atomic E-state index is -0.390. The summed E-state index contributed by atoms with van der Waals surface area (Å²) in [5, 5.41) is 3.24. The van der Waals surface area contributed by atoms with Crippen molar-refractivity contribution in [3.05, 3.63) is 65.2 Å². The van der Waals surface area contributed by atoms with Crippen LogP contribution in [0, 0.1) is 23.7 Å². The number of fused-ring (bicyclic) bond motifs is 5. The lowest BCUT2D eigenvalue weighted by atomic mass is 9.85. The van der Waals surface area contributed by atoms with Crippen molar-refractivity contribution in [3.8, 4) is 5.75 Å². The van der Waals surface area contributed by atoms with Crippen molar-refractivity contribution in [2.24, 2.45) is 23.7 Å². The number of hydrogen-bond acceptors (Lipinski definition) is 4. The molecular weight excluding hydrogens is 404 g/mol. The SMILES string of the molecule is COc1ccc(Cl)cc1NC(=O)c1cccc(N2C(=O)[C@@H]3[C@@H](C2=O)[C@H]2C=C[C@@H]3C2)c1. The summed E-state index contributed by atoms with van der Waals surface area (Å²) in [6.45, 7) is 0. The Morgan fingerprint density at radius 2 is 1.77 bits per heavy atom. The first-order chi connectivity index (χ1) is 14.5. The highest BCUT2D eigenvalue weighted by Gasteiger charge is 2.59. The predicted molar refractivity (Wildman–Crippen MR) is 113 cm³/mol. The third-order valence-electron chi connectivity index (χ3n) is 6.25. The molecule has 3 amide bonds. The second-order valence-electron chi connectivity index (χ2n) is 7.86. The summed E-state index contributed by atoms with van der Waals surface area (Å²) in [7, 11) is 1.50. The molecule has 2 aromatic rings. The number of benzene rings is 2. The molecule has 2 bridgehead atoms. The third-order valence-corrected chi connectivity index (χ3v) is 6.48. The highest BCUT2D eigenvalue weighted by Crippen LogP contribution is 2.53. The van der Waals surface area contributed by atoms with Gasteiger partial charge in [-0.3, -0.25) is 14.4 Å². The zero-order valence-electron chi connectivity index (χ0n) is 16.2. The van der Waals surface area contributed by atoms with E-state index in [1.807, 2.05) is 0 Å². The van der Waals surface area contributed by atoms with E-state index in [1.165, 1.54) is 12.0 Å². The Morgan fingerprint density at radius 3 is 2.43 bits per heavy atom. The summed E-state index contributed by atoms with van der Waals surface area (Å²) in [5.41, 5.74) is 1.18. The van der Waals surface area contributed by atoms with Gasteiger partial charge in [-0.25, -0.2) is 4.90 Å². The van der Waals surface area contributed by atoms with Crippen LogP contribution in [0.1, 0.15) is 16.8 Å². The minimum absolute atomic E-state index is 0.142. The molecule has 4 atom stereocenters. The lowest BCUT2D eigenvalue weighted by molar-refractivity contribution is -0.123. The number of carbonyl (C=O) groups is 3. The van der Waals surface area contributed by atoms with Gasteiger partial charge in [-0.05, 0) is 54.7 Å². The first kappa shape index (κ1) is 18.9. The van der Waals surface area contributed by atoms with Crippen LogP contribution in [-0.4, -0.2) is 24.8 Å². The molecule has 2 aromatic carbocycles. The van der Waals surface area contributed by atoms with E-state index in [0.29, 0.717) is 27.7 Å². The van der Waals surface area contributed by atoms with Crippen LogP contribution in [-0.2, 0) is 9.59 Å². The first-order valence-corrected chi connectivity index (χ1v) is 10.2. The monoisotopic (exact) mass is 422 g/mol. The maximum Gasteiger partial charge on any atom is 0.255 e. The molecule has 1 N–H and O–H groups in total. The van der Waals surface area contributed by atoms with E-state index in [9.17, 15) is 14.4 Å². The molecule has 152 valence electrons. The standard InChI is InChI=1S/C23H19ClN2O4/c1-30-18-8-7-15(24)11-17(18)25-21(27)14-3-2-4-16(10-14)26-22(28)19-12-5-6-13(9-12)20(19)23(26)29/h2-8,10-13,19-20H,9H2,1H3,(H,25,27)/t12-,13+,19-,20-/m0/s1. The number of nitrogens with one attached hydrogen (secondary N) is 1. The fourth-order valence-corrected chi connectivity index (χ4v) is 5.09. The maximum atomic E-state index is 13.0. The van der Waals surface area contributed by atoms with Crippen molar-refractivity contribution in [3.63, 3.8) is 0 Å². The number of rotatable bonds is 4. The molecular formula is C23H19ClN2O4. The number of anilines is 2. The molecule has 2 fully saturated rings. The number of imide groups is 1. The van der Waals surface area contributed by atoms with Crippen molar-refractivity contribution in [2.45, 2.75) is 6.42 Å². The predicted octanol–water partition coefficient (Wildman–Crippen LogP) is 3.91. The van der Waals surface area contributed by atoms with E-state index in [0.717, 1.165) is 6.42 Å². The van der Waals surface area contributed by atoms with E-state index in [-0.39, 0.29) is 35.5 Å². The fraction of sp³-hybridized carbons (Fsp3) is 0.261. The topological polar surface area (TPSA) is 75.7 Å². The smallest absolute Gasteiger partial charge is 0.255 e. The highest BCUT2D eigenvalue weighted by molar-refractivity contribution is 6.31. The van der Waals surface area contributed by atoms with Crippen molar-refractivity contribution in [1.29, 1.82) is 0 Å². The molecule has 1 heterocycles. The van der Waals surface area contributed by atoms with Gasteiger partial charge >= 0.3 is 0 Å². The van der Waals surface area contributed by atoms with E-state index >= 15 is 0 Å². The maximum absolute atomic E-state index is 13.0. The van der Waals surface area contributed by atoms with Gasteiger partial charge in [0, 0.05) is 10.6 Å². The number of allylic oxidation sites excluding steroid dienone is 2. The summed E-state index contributed by atoms with van der Waals surface area (Å²) in [4.78, 5) is 40.1. The number of halogens is 1. The molecule has 30 heavy (non-hydrogen) atoms. The van der Waals surface area contributed by atoms with Gasteiger partial charge in [0.15, 0.2) is 0 Å².